The number of amides is 1. The minimum Gasteiger partial charge on any atom is -0.478 e. The third kappa shape index (κ3) is 3.25. The number of β-lactam (4-membered cyclic amide) rings is 1. The highest BCUT2D eigenvalue weighted by molar-refractivity contribution is 6.10. The number of carbonyl (C=O) groups is 2. The number of hydrogen-bond acceptors (Lipinski definition) is 3. The molecule has 146 valence electrons. The summed E-state index contributed by atoms with van der Waals surface area (Å²) in [5.41, 5.74) is 3.53. The van der Waals surface area contributed by atoms with E-state index in [1.54, 1.807) is 23.1 Å². The number of benzene rings is 3. The van der Waals surface area contributed by atoms with Gasteiger partial charge in [-0.15, -0.1) is 0 Å². The third-order valence-electron chi connectivity index (χ3n) is 5.40. The molecule has 5 heteroatoms. The predicted molar refractivity (Wildman–Crippen MR) is 114 cm³/mol. The number of rotatable bonds is 5. The molecule has 3 aromatic carbocycles. The highest BCUT2D eigenvalue weighted by atomic mass is 16.4. The summed E-state index contributed by atoms with van der Waals surface area (Å²) in [6, 6.07) is 24.1. The molecule has 0 aromatic heterocycles. The summed E-state index contributed by atoms with van der Waals surface area (Å²) < 4.78 is 0. The first-order valence-corrected chi connectivity index (χ1v) is 9.46. The van der Waals surface area contributed by atoms with Crippen molar-refractivity contribution in [1.82, 2.24) is 0 Å². The highest BCUT2D eigenvalue weighted by Crippen LogP contribution is 2.49. The Morgan fingerprint density at radius 2 is 1.48 bits per heavy atom. The van der Waals surface area contributed by atoms with Crippen molar-refractivity contribution in [3.8, 4) is 0 Å². The molecule has 1 amide bonds. The van der Waals surface area contributed by atoms with Crippen LogP contribution in [0.4, 0.5) is 11.4 Å². The summed E-state index contributed by atoms with van der Waals surface area (Å²) in [6.07, 6.45) is 0. The highest BCUT2D eigenvalue weighted by Gasteiger charge is 2.50. The van der Waals surface area contributed by atoms with E-state index >= 15 is 0 Å². The van der Waals surface area contributed by atoms with Gasteiger partial charge in [-0.05, 0) is 35.4 Å². The average molecular weight is 386 g/mol. The molecule has 0 aliphatic carbocycles. The number of aromatic carboxylic acids is 1. The molecule has 0 bridgehead atoms. The van der Waals surface area contributed by atoms with E-state index in [9.17, 15) is 14.7 Å². The van der Waals surface area contributed by atoms with Crippen LogP contribution in [0.25, 0.3) is 0 Å². The molecule has 0 radical (unpaired) electrons. The quantitative estimate of drug-likeness (QED) is 0.664. The van der Waals surface area contributed by atoms with E-state index in [0.29, 0.717) is 5.69 Å². The van der Waals surface area contributed by atoms with E-state index < -0.39 is 5.97 Å². The molecular weight excluding hydrogens is 364 g/mol. The van der Waals surface area contributed by atoms with E-state index in [4.69, 9.17) is 0 Å². The minimum atomic E-state index is -1.04. The van der Waals surface area contributed by atoms with Crippen molar-refractivity contribution in [1.29, 1.82) is 0 Å². The molecule has 2 atom stereocenters. The topological polar surface area (TPSA) is 60.9 Å². The van der Waals surface area contributed by atoms with Gasteiger partial charge in [0.2, 0.25) is 5.91 Å². The Morgan fingerprint density at radius 1 is 0.862 bits per heavy atom. The van der Waals surface area contributed by atoms with Crippen molar-refractivity contribution in [2.75, 3.05) is 23.9 Å². The maximum atomic E-state index is 13.2. The lowest BCUT2D eigenvalue weighted by Gasteiger charge is -2.48. The van der Waals surface area contributed by atoms with Gasteiger partial charge in [-0.1, -0.05) is 54.6 Å². The third-order valence-corrected chi connectivity index (χ3v) is 5.40. The molecular formula is C24H22N2O3. The fraction of sp³-hybridized carbons (Fsp3) is 0.167. The van der Waals surface area contributed by atoms with Gasteiger partial charge in [-0.25, -0.2) is 4.79 Å². The number of carbonyl (C=O) groups excluding carboxylic acids is 1. The Kier molecular flexibility index (Phi) is 4.80. The number of para-hydroxylation sites is 1. The summed E-state index contributed by atoms with van der Waals surface area (Å²) in [6.45, 7) is 0. The largest absolute Gasteiger partial charge is 0.478 e. The number of nitrogens with zero attached hydrogens (tertiary/aromatic N) is 2. The number of anilines is 2. The van der Waals surface area contributed by atoms with Crippen LogP contribution >= 0.6 is 0 Å². The van der Waals surface area contributed by atoms with Crippen molar-refractivity contribution in [2.45, 2.75) is 12.0 Å². The summed E-state index contributed by atoms with van der Waals surface area (Å²) in [4.78, 5) is 28.6. The second kappa shape index (κ2) is 7.43. The van der Waals surface area contributed by atoms with Crippen LogP contribution in [-0.2, 0) is 4.79 Å². The Morgan fingerprint density at radius 3 is 2.10 bits per heavy atom. The van der Waals surface area contributed by atoms with E-state index in [-0.39, 0.29) is 23.4 Å². The molecule has 1 saturated heterocycles. The maximum Gasteiger partial charge on any atom is 0.337 e. The van der Waals surface area contributed by atoms with Gasteiger partial charge >= 0.3 is 5.97 Å². The predicted octanol–water partition coefficient (Wildman–Crippen LogP) is 4.32. The van der Waals surface area contributed by atoms with Gasteiger partial charge in [0.1, 0.15) is 0 Å². The molecule has 0 saturated carbocycles. The van der Waals surface area contributed by atoms with Crippen molar-refractivity contribution in [3.05, 3.63) is 95.6 Å². The molecule has 5 nitrogen and oxygen atoms in total. The number of carboxylic acids is 1. The van der Waals surface area contributed by atoms with E-state index in [2.05, 4.69) is 0 Å². The standard InChI is InChI=1S/C24H22N2O3/c1-25(2)18-14-12-17(13-15-18)22-21(16-8-4-3-5-9-16)23(27)26(22)20-11-7-6-10-19(20)24(28)29/h3-15,21-22H,1-2H3,(H,28,29)/t21-,22+/m1/s1. The van der Waals surface area contributed by atoms with Gasteiger partial charge < -0.3 is 14.9 Å². The number of carboxylic acid groups (broad SMARTS) is 1. The molecule has 3 aromatic rings. The van der Waals surface area contributed by atoms with Gasteiger partial charge in [0.05, 0.1) is 23.2 Å². The normalized spacial score (nSPS) is 18.3. The van der Waals surface area contributed by atoms with Crippen LogP contribution in [0.2, 0.25) is 0 Å². The van der Waals surface area contributed by atoms with Crippen molar-refractivity contribution < 1.29 is 14.7 Å². The van der Waals surface area contributed by atoms with Crippen molar-refractivity contribution in [3.63, 3.8) is 0 Å². The summed E-state index contributed by atoms with van der Waals surface area (Å²) >= 11 is 0. The smallest absolute Gasteiger partial charge is 0.337 e. The van der Waals surface area contributed by atoms with Crippen LogP contribution in [0.3, 0.4) is 0 Å². The molecule has 1 aliphatic rings. The van der Waals surface area contributed by atoms with Gasteiger partial charge in [0.25, 0.3) is 0 Å². The fourth-order valence-electron chi connectivity index (χ4n) is 3.92. The molecule has 1 N–H and O–H groups in total. The van der Waals surface area contributed by atoms with E-state index in [1.165, 1.54) is 6.07 Å². The Bertz CT molecular complexity index is 1050. The van der Waals surface area contributed by atoms with Gasteiger partial charge in [-0.3, -0.25) is 4.79 Å². The first-order valence-electron chi connectivity index (χ1n) is 9.46. The van der Waals surface area contributed by atoms with Crippen LogP contribution in [0.1, 0.15) is 33.4 Å². The maximum absolute atomic E-state index is 13.2. The van der Waals surface area contributed by atoms with Crippen molar-refractivity contribution >= 4 is 23.3 Å². The lowest BCUT2D eigenvalue weighted by atomic mass is 9.77. The Balaban J connectivity index is 1.81. The zero-order valence-corrected chi connectivity index (χ0v) is 16.3. The molecule has 1 aliphatic heterocycles. The number of hydrogen-bond donors (Lipinski definition) is 1. The first kappa shape index (κ1) is 18.7. The summed E-state index contributed by atoms with van der Waals surface area (Å²) in [5, 5.41) is 9.61. The van der Waals surface area contributed by atoms with Gasteiger partial charge in [-0.2, -0.15) is 0 Å². The lowest BCUT2D eigenvalue weighted by Crippen LogP contribution is -2.54. The average Bonchev–Trinajstić information content (AvgIpc) is 2.73. The molecule has 0 spiro atoms. The molecule has 1 heterocycles. The van der Waals surface area contributed by atoms with E-state index in [1.807, 2.05) is 73.6 Å². The Labute approximate surface area is 169 Å². The molecule has 1 fully saturated rings. The van der Waals surface area contributed by atoms with Crippen LogP contribution in [0.5, 0.6) is 0 Å². The van der Waals surface area contributed by atoms with Gasteiger partial charge in [0, 0.05) is 19.8 Å². The van der Waals surface area contributed by atoms with E-state index in [0.717, 1.165) is 16.8 Å². The SMILES string of the molecule is CN(C)c1ccc([C@H]2[C@@H](c3ccccc3)C(=O)N2c2ccccc2C(=O)O)cc1. The summed E-state index contributed by atoms with van der Waals surface area (Å²) in [5.74, 6) is -1.48. The molecule has 0 unspecified atom stereocenters. The first-order chi connectivity index (χ1) is 14.0. The molecule has 4 rings (SSSR count). The summed E-state index contributed by atoms with van der Waals surface area (Å²) in [7, 11) is 3.95. The fourth-order valence-corrected chi connectivity index (χ4v) is 3.92. The zero-order chi connectivity index (χ0) is 20.5. The zero-order valence-electron chi connectivity index (χ0n) is 16.3. The monoisotopic (exact) mass is 386 g/mol. The second-order valence-electron chi connectivity index (χ2n) is 7.35. The van der Waals surface area contributed by atoms with Crippen LogP contribution in [0.15, 0.2) is 78.9 Å². The van der Waals surface area contributed by atoms with Gasteiger partial charge in [0.15, 0.2) is 0 Å². The van der Waals surface area contributed by atoms with Crippen LogP contribution in [-0.4, -0.2) is 31.1 Å². The second-order valence-corrected chi connectivity index (χ2v) is 7.35. The minimum absolute atomic E-state index is 0.0911. The Hall–Kier alpha value is -3.60. The lowest BCUT2D eigenvalue weighted by molar-refractivity contribution is -0.126. The van der Waals surface area contributed by atoms with Crippen LogP contribution in [0, 0.1) is 0 Å². The molecule has 29 heavy (non-hydrogen) atoms. The van der Waals surface area contributed by atoms with Crippen molar-refractivity contribution in [2.24, 2.45) is 0 Å². The van der Waals surface area contributed by atoms with Crippen LogP contribution < -0.4 is 9.80 Å².